The minimum atomic E-state index is -0.298. The molecule has 0 bridgehead atoms. The maximum Gasteiger partial charge on any atom is 0.232 e. The van der Waals surface area contributed by atoms with Crippen molar-refractivity contribution in [1.82, 2.24) is 4.98 Å². The Balaban J connectivity index is 2.09. The molecule has 90 valence electrons. The third-order valence-electron chi connectivity index (χ3n) is 4.19. The van der Waals surface area contributed by atoms with Gasteiger partial charge in [0, 0.05) is 12.2 Å². The first kappa shape index (κ1) is 10.6. The molecule has 2 atom stereocenters. The number of carbonyl (C=O) groups is 1. The minimum Gasteiger partial charge on any atom is -0.365 e. The molecule has 1 saturated carbocycles. The Morgan fingerprint density at radius 3 is 3.18 bits per heavy atom. The molecule has 0 saturated heterocycles. The zero-order valence-corrected chi connectivity index (χ0v) is 10.2. The van der Waals surface area contributed by atoms with Gasteiger partial charge >= 0.3 is 0 Å². The van der Waals surface area contributed by atoms with Gasteiger partial charge in [-0.3, -0.25) is 4.79 Å². The molecule has 17 heavy (non-hydrogen) atoms. The van der Waals surface area contributed by atoms with Gasteiger partial charge in [-0.2, -0.15) is 0 Å². The second-order valence-corrected chi connectivity index (χ2v) is 5.31. The summed E-state index contributed by atoms with van der Waals surface area (Å²) >= 11 is 0. The van der Waals surface area contributed by atoms with E-state index in [1.54, 1.807) is 6.20 Å². The Morgan fingerprint density at radius 2 is 2.35 bits per heavy atom. The molecule has 4 nitrogen and oxygen atoms in total. The number of carbonyl (C=O) groups excluding carboxylic acids is 1. The van der Waals surface area contributed by atoms with Crippen LogP contribution in [0.15, 0.2) is 12.3 Å². The number of nitrogens with zero attached hydrogens (tertiary/aromatic N) is 1. The highest BCUT2D eigenvalue weighted by Crippen LogP contribution is 2.44. The Bertz CT molecular complexity index is 486. The van der Waals surface area contributed by atoms with E-state index in [-0.39, 0.29) is 17.4 Å². The van der Waals surface area contributed by atoms with Crippen molar-refractivity contribution in [2.75, 3.05) is 10.6 Å². The number of hydrogen-bond donors (Lipinski definition) is 2. The number of nitrogens with one attached hydrogen (secondary N) is 2. The lowest BCUT2D eigenvalue weighted by Gasteiger charge is -2.27. The smallest absolute Gasteiger partial charge is 0.232 e. The zero-order chi connectivity index (χ0) is 12.0. The molecule has 1 aromatic heterocycles. The van der Waals surface area contributed by atoms with Crippen LogP contribution in [0.4, 0.5) is 11.5 Å². The Labute approximate surface area is 101 Å². The molecule has 0 aromatic carbocycles. The predicted octanol–water partition coefficient (Wildman–Crippen LogP) is 2.31. The van der Waals surface area contributed by atoms with Gasteiger partial charge in [0.15, 0.2) is 0 Å². The van der Waals surface area contributed by atoms with E-state index in [9.17, 15) is 4.79 Å². The summed E-state index contributed by atoms with van der Waals surface area (Å²) in [4.78, 5) is 16.7. The third kappa shape index (κ3) is 1.43. The summed E-state index contributed by atoms with van der Waals surface area (Å²) in [5, 5.41) is 6.48. The normalized spacial score (nSPS) is 30.9. The molecule has 2 heterocycles. The average molecular weight is 231 g/mol. The van der Waals surface area contributed by atoms with Gasteiger partial charge < -0.3 is 10.6 Å². The molecule has 0 spiro atoms. The fourth-order valence-electron chi connectivity index (χ4n) is 2.92. The zero-order valence-electron chi connectivity index (χ0n) is 10.2. The molecule has 2 aliphatic rings. The van der Waals surface area contributed by atoms with Gasteiger partial charge in [0.25, 0.3) is 0 Å². The summed E-state index contributed by atoms with van der Waals surface area (Å²) in [5.41, 5.74) is 1.60. The number of aromatic nitrogens is 1. The fraction of sp³-hybridized carbons (Fsp3) is 0.538. The highest BCUT2D eigenvalue weighted by Gasteiger charge is 2.47. The third-order valence-corrected chi connectivity index (χ3v) is 4.19. The van der Waals surface area contributed by atoms with Gasteiger partial charge in [-0.05, 0) is 38.3 Å². The monoisotopic (exact) mass is 231 g/mol. The van der Waals surface area contributed by atoms with Gasteiger partial charge in [0.05, 0.1) is 11.1 Å². The van der Waals surface area contributed by atoms with Crippen molar-refractivity contribution in [1.29, 1.82) is 0 Å². The second-order valence-electron chi connectivity index (χ2n) is 5.31. The Morgan fingerprint density at radius 1 is 1.53 bits per heavy atom. The lowest BCUT2D eigenvalue weighted by atomic mass is 9.84. The summed E-state index contributed by atoms with van der Waals surface area (Å²) < 4.78 is 0. The Hall–Kier alpha value is -1.58. The molecular formula is C13H17N3O. The molecule has 1 fully saturated rings. The van der Waals surface area contributed by atoms with Crippen LogP contribution in [-0.2, 0) is 4.79 Å². The number of amides is 1. The van der Waals surface area contributed by atoms with Crippen molar-refractivity contribution in [3.05, 3.63) is 17.8 Å². The Kier molecular flexibility index (Phi) is 2.15. The molecule has 4 heteroatoms. The first-order chi connectivity index (χ1) is 8.11. The lowest BCUT2D eigenvalue weighted by molar-refractivity contribution is -0.124. The maximum atomic E-state index is 12.4. The topological polar surface area (TPSA) is 54.0 Å². The molecule has 0 radical (unpaired) electrons. The summed E-state index contributed by atoms with van der Waals surface area (Å²) in [6, 6.07) is 2.13. The molecule has 1 aliphatic heterocycles. The molecule has 2 unspecified atom stereocenters. The van der Waals surface area contributed by atoms with Crippen molar-refractivity contribution in [2.45, 2.75) is 39.2 Å². The number of anilines is 2. The minimum absolute atomic E-state index is 0.127. The number of pyridine rings is 1. The molecule has 3 rings (SSSR count). The SMILES string of the molecule is Cc1ccnc2c1NC(=O)C1(C)CCCC1N2. The fourth-order valence-corrected chi connectivity index (χ4v) is 2.92. The first-order valence-electron chi connectivity index (χ1n) is 6.15. The van der Waals surface area contributed by atoms with Crippen LogP contribution in [0, 0.1) is 12.3 Å². The van der Waals surface area contributed by atoms with Gasteiger partial charge in [0.2, 0.25) is 5.91 Å². The predicted molar refractivity (Wildman–Crippen MR) is 67.0 cm³/mol. The van der Waals surface area contributed by atoms with Crippen LogP contribution in [0.1, 0.15) is 31.7 Å². The standard InChI is InChI=1S/C13H17N3O/c1-8-5-7-14-11-10(8)16-12(17)13(2)6-3-4-9(13)15-11/h5,7,9H,3-4,6H2,1-2H3,(H,14,15)(H,16,17). The highest BCUT2D eigenvalue weighted by atomic mass is 16.2. The van der Waals surface area contributed by atoms with Crippen LogP contribution in [0.25, 0.3) is 0 Å². The van der Waals surface area contributed by atoms with Crippen LogP contribution < -0.4 is 10.6 Å². The molecular weight excluding hydrogens is 214 g/mol. The quantitative estimate of drug-likeness (QED) is 0.720. The molecule has 2 N–H and O–H groups in total. The average Bonchev–Trinajstić information content (AvgIpc) is 2.62. The summed E-state index contributed by atoms with van der Waals surface area (Å²) in [6.45, 7) is 4.04. The number of hydrogen-bond acceptors (Lipinski definition) is 3. The van der Waals surface area contributed by atoms with Gasteiger partial charge in [-0.15, -0.1) is 0 Å². The number of rotatable bonds is 0. The first-order valence-corrected chi connectivity index (χ1v) is 6.15. The largest absolute Gasteiger partial charge is 0.365 e. The summed E-state index contributed by atoms with van der Waals surface area (Å²) in [7, 11) is 0. The van der Waals surface area contributed by atoms with Crippen molar-refractivity contribution in [3.63, 3.8) is 0 Å². The van der Waals surface area contributed by atoms with Crippen LogP contribution in [0.5, 0.6) is 0 Å². The van der Waals surface area contributed by atoms with E-state index in [4.69, 9.17) is 0 Å². The van der Waals surface area contributed by atoms with E-state index in [0.717, 1.165) is 36.3 Å². The van der Waals surface area contributed by atoms with E-state index in [0.29, 0.717) is 0 Å². The van der Waals surface area contributed by atoms with E-state index >= 15 is 0 Å². The van der Waals surface area contributed by atoms with Crippen molar-refractivity contribution >= 4 is 17.4 Å². The summed E-state index contributed by atoms with van der Waals surface area (Å²) in [5.74, 6) is 0.941. The van der Waals surface area contributed by atoms with Crippen LogP contribution in [-0.4, -0.2) is 16.9 Å². The van der Waals surface area contributed by atoms with Crippen molar-refractivity contribution < 1.29 is 4.79 Å². The van der Waals surface area contributed by atoms with Crippen LogP contribution in [0.2, 0.25) is 0 Å². The van der Waals surface area contributed by atoms with Gasteiger partial charge in [0.1, 0.15) is 5.82 Å². The van der Waals surface area contributed by atoms with Gasteiger partial charge in [-0.25, -0.2) is 4.98 Å². The van der Waals surface area contributed by atoms with Gasteiger partial charge in [-0.1, -0.05) is 6.42 Å². The van der Waals surface area contributed by atoms with E-state index in [1.165, 1.54) is 0 Å². The van der Waals surface area contributed by atoms with Crippen molar-refractivity contribution in [2.24, 2.45) is 5.41 Å². The lowest BCUT2D eigenvalue weighted by Crippen LogP contribution is -2.41. The molecule has 1 amide bonds. The molecule has 1 aromatic rings. The summed E-state index contributed by atoms with van der Waals surface area (Å²) in [6.07, 6.45) is 4.87. The van der Waals surface area contributed by atoms with Crippen LogP contribution in [0.3, 0.4) is 0 Å². The molecule has 1 aliphatic carbocycles. The van der Waals surface area contributed by atoms with Crippen molar-refractivity contribution in [3.8, 4) is 0 Å². The maximum absolute atomic E-state index is 12.4. The van der Waals surface area contributed by atoms with E-state index in [2.05, 4.69) is 15.6 Å². The van der Waals surface area contributed by atoms with E-state index in [1.807, 2.05) is 19.9 Å². The second kappa shape index (κ2) is 3.45. The van der Waals surface area contributed by atoms with E-state index < -0.39 is 0 Å². The highest BCUT2D eigenvalue weighted by molar-refractivity contribution is 6.00. The number of fused-ring (bicyclic) bond motifs is 2. The van der Waals surface area contributed by atoms with Crippen LogP contribution >= 0.6 is 0 Å². The number of aryl methyl sites for hydroxylation is 1.